The van der Waals surface area contributed by atoms with Gasteiger partial charge in [-0.2, -0.15) is 0 Å². The van der Waals surface area contributed by atoms with E-state index in [1.807, 2.05) is 18.2 Å². The van der Waals surface area contributed by atoms with E-state index in [0.29, 0.717) is 16.3 Å². The molecule has 0 bridgehead atoms. The minimum atomic E-state index is -0.966. The van der Waals surface area contributed by atoms with Crippen LogP contribution in [0.4, 0.5) is 10.1 Å². The summed E-state index contributed by atoms with van der Waals surface area (Å²) in [7, 11) is 0. The number of rotatable bonds is 3. The number of fused-ring (bicyclic) bond motifs is 1. The Morgan fingerprint density at radius 2 is 2.23 bits per heavy atom. The van der Waals surface area contributed by atoms with E-state index >= 15 is 0 Å². The number of hydrogen-bond acceptors (Lipinski definition) is 3. The number of carboxylic acids is 1. The first-order chi connectivity index (χ1) is 10.6. The van der Waals surface area contributed by atoms with E-state index in [4.69, 9.17) is 0 Å². The van der Waals surface area contributed by atoms with Gasteiger partial charge in [-0.05, 0) is 48.9 Å². The van der Waals surface area contributed by atoms with Gasteiger partial charge in [-0.15, -0.1) is 0 Å². The lowest BCUT2D eigenvalue weighted by Gasteiger charge is -2.25. The highest BCUT2D eigenvalue weighted by molar-refractivity contribution is 6.03. The van der Waals surface area contributed by atoms with Gasteiger partial charge in [0.15, 0.2) is 0 Å². The zero-order chi connectivity index (χ0) is 15.3. The number of benzene rings is 1. The minimum absolute atomic E-state index is 0.0927. The summed E-state index contributed by atoms with van der Waals surface area (Å²) in [6, 6.07) is 7.00. The molecule has 1 aromatic carbocycles. The number of nitrogens with zero attached hydrogens (tertiary/aromatic N) is 2. The summed E-state index contributed by atoms with van der Waals surface area (Å²) in [6.45, 7) is 0.508. The van der Waals surface area contributed by atoms with Gasteiger partial charge in [-0.25, -0.2) is 9.18 Å². The topological polar surface area (TPSA) is 53.4 Å². The second-order valence-electron chi connectivity index (χ2n) is 6.51. The van der Waals surface area contributed by atoms with Crippen molar-refractivity contribution < 1.29 is 14.3 Å². The third-order valence-corrected chi connectivity index (χ3v) is 5.04. The molecule has 2 heterocycles. The summed E-state index contributed by atoms with van der Waals surface area (Å²) < 4.78 is 13.4. The fraction of sp³-hybridized carbons (Fsp3) is 0.412. The fourth-order valence-electron chi connectivity index (χ4n) is 3.64. The molecule has 1 saturated carbocycles. The van der Waals surface area contributed by atoms with Gasteiger partial charge in [-0.3, -0.25) is 4.98 Å². The lowest BCUT2D eigenvalue weighted by molar-refractivity contribution is 0.0699. The number of pyridine rings is 1. The molecule has 4 rings (SSSR count). The number of carboxylic acid groups (broad SMARTS) is 1. The lowest BCUT2D eigenvalue weighted by Crippen LogP contribution is -2.30. The maximum absolute atomic E-state index is 13.4. The van der Waals surface area contributed by atoms with Gasteiger partial charge in [0, 0.05) is 23.8 Å². The molecule has 22 heavy (non-hydrogen) atoms. The second kappa shape index (κ2) is 4.66. The molecule has 1 aliphatic carbocycles. The van der Waals surface area contributed by atoms with Crippen LogP contribution in [0, 0.1) is 5.41 Å². The summed E-state index contributed by atoms with van der Waals surface area (Å²) in [5, 5.41) is 9.94. The van der Waals surface area contributed by atoms with E-state index in [9.17, 15) is 14.3 Å². The van der Waals surface area contributed by atoms with Crippen LogP contribution in [0.3, 0.4) is 0 Å². The smallest absolute Gasteiger partial charge is 0.336 e. The zero-order valence-corrected chi connectivity index (χ0v) is 12.1. The van der Waals surface area contributed by atoms with E-state index in [0.717, 1.165) is 18.7 Å². The highest BCUT2D eigenvalue weighted by Gasteiger charge is 2.51. The Morgan fingerprint density at radius 1 is 1.41 bits per heavy atom. The Balaban J connectivity index is 1.79. The zero-order valence-electron chi connectivity index (χ0n) is 12.1. The molecule has 1 atom stereocenters. The normalized spacial score (nSPS) is 22.4. The van der Waals surface area contributed by atoms with E-state index in [1.54, 1.807) is 0 Å². The molecular formula is C17H17FN2O2. The number of alkyl halides is 1. The molecule has 4 nitrogen and oxygen atoms in total. The molecule has 0 amide bonds. The third-order valence-electron chi connectivity index (χ3n) is 5.04. The SMILES string of the molecule is O=C(O)c1ccnc2ccc(N3CC4(CC4)CC3CF)cc12. The average Bonchev–Trinajstić information content (AvgIpc) is 3.17. The Morgan fingerprint density at radius 3 is 2.91 bits per heavy atom. The molecule has 2 aromatic rings. The Kier molecular flexibility index (Phi) is 2.86. The van der Waals surface area contributed by atoms with Gasteiger partial charge in [0.05, 0.1) is 17.1 Å². The quantitative estimate of drug-likeness (QED) is 0.945. The predicted molar refractivity (Wildman–Crippen MR) is 82.1 cm³/mol. The van der Waals surface area contributed by atoms with Crippen LogP contribution in [0.2, 0.25) is 0 Å². The largest absolute Gasteiger partial charge is 0.478 e. The van der Waals surface area contributed by atoms with Crippen molar-refractivity contribution in [1.82, 2.24) is 4.98 Å². The molecule has 1 spiro atoms. The van der Waals surface area contributed by atoms with Crippen molar-refractivity contribution in [1.29, 1.82) is 0 Å². The molecule has 2 fully saturated rings. The maximum atomic E-state index is 13.4. The summed E-state index contributed by atoms with van der Waals surface area (Å²) in [5.74, 6) is -0.966. The van der Waals surface area contributed by atoms with Crippen LogP contribution < -0.4 is 4.90 Å². The molecule has 5 heteroatoms. The number of aromatic nitrogens is 1. The van der Waals surface area contributed by atoms with Crippen LogP contribution in [0.1, 0.15) is 29.6 Å². The summed E-state index contributed by atoms with van der Waals surface area (Å²) in [5.41, 5.74) is 2.09. The number of carbonyl (C=O) groups is 1. The molecule has 1 unspecified atom stereocenters. The van der Waals surface area contributed by atoms with E-state index < -0.39 is 5.97 Å². The van der Waals surface area contributed by atoms with E-state index in [2.05, 4.69) is 9.88 Å². The van der Waals surface area contributed by atoms with Gasteiger partial charge in [0.2, 0.25) is 0 Å². The molecular weight excluding hydrogens is 283 g/mol. The van der Waals surface area contributed by atoms with Crippen molar-refractivity contribution in [2.24, 2.45) is 5.41 Å². The standard InChI is InChI=1S/C17H17FN2O2/c18-9-12-8-17(4-5-17)10-20(12)11-1-2-15-14(7-11)13(16(21)22)3-6-19-15/h1-3,6-7,12H,4-5,8-10H2,(H,21,22). The van der Waals surface area contributed by atoms with Crippen LogP contribution in [-0.4, -0.2) is 35.3 Å². The molecule has 1 aromatic heterocycles. The predicted octanol–water partition coefficient (Wildman–Crippen LogP) is 3.26. The minimum Gasteiger partial charge on any atom is -0.478 e. The van der Waals surface area contributed by atoms with Crippen molar-refractivity contribution in [3.05, 3.63) is 36.0 Å². The Hall–Kier alpha value is -2.17. The van der Waals surface area contributed by atoms with Crippen LogP contribution in [0.25, 0.3) is 10.9 Å². The first-order valence-corrected chi connectivity index (χ1v) is 7.57. The van der Waals surface area contributed by atoms with Gasteiger partial charge < -0.3 is 10.0 Å². The highest BCUT2D eigenvalue weighted by Crippen LogP contribution is 2.55. The Labute approximate surface area is 127 Å². The van der Waals surface area contributed by atoms with Gasteiger partial charge in [0.25, 0.3) is 0 Å². The van der Waals surface area contributed by atoms with Gasteiger partial charge in [0.1, 0.15) is 6.67 Å². The van der Waals surface area contributed by atoms with Crippen LogP contribution >= 0.6 is 0 Å². The van der Waals surface area contributed by atoms with Gasteiger partial charge >= 0.3 is 5.97 Å². The first-order valence-electron chi connectivity index (χ1n) is 7.57. The van der Waals surface area contributed by atoms with Gasteiger partial charge in [-0.1, -0.05) is 0 Å². The molecule has 114 valence electrons. The van der Waals surface area contributed by atoms with E-state index in [-0.39, 0.29) is 18.3 Å². The number of anilines is 1. The van der Waals surface area contributed by atoms with Crippen LogP contribution in [-0.2, 0) is 0 Å². The summed E-state index contributed by atoms with van der Waals surface area (Å²) >= 11 is 0. The number of aromatic carboxylic acids is 1. The van der Waals surface area contributed by atoms with E-state index in [1.165, 1.54) is 25.1 Å². The summed E-state index contributed by atoms with van der Waals surface area (Å²) in [4.78, 5) is 17.7. The molecule has 1 N–H and O–H groups in total. The average molecular weight is 300 g/mol. The Bertz CT molecular complexity index is 757. The van der Waals surface area contributed by atoms with Crippen LogP contribution in [0.15, 0.2) is 30.5 Å². The molecule has 0 radical (unpaired) electrons. The van der Waals surface area contributed by atoms with Crippen molar-refractivity contribution >= 4 is 22.6 Å². The van der Waals surface area contributed by atoms with Crippen molar-refractivity contribution in [3.63, 3.8) is 0 Å². The molecule has 1 saturated heterocycles. The maximum Gasteiger partial charge on any atom is 0.336 e. The fourth-order valence-corrected chi connectivity index (χ4v) is 3.64. The van der Waals surface area contributed by atoms with Crippen molar-refractivity contribution in [2.45, 2.75) is 25.3 Å². The first kappa shape index (κ1) is 13.5. The highest BCUT2D eigenvalue weighted by atomic mass is 19.1. The number of hydrogen-bond donors (Lipinski definition) is 1. The third kappa shape index (κ3) is 2.03. The van der Waals surface area contributed by atoms with Crippen molar-refractivity contribution in [2.75, 3.05) is 18.1 Å². The monoisotopic (exact) mass is 300 g/mol. The van der Waals surface area contributed by atoms with Crippen LogP contribution in [0.5, 0.6) is 0 Å². The second-order valence-corrected chi connectivity index (χ2v) is 6.51. The molecule has 2 aliphatic rings. The number of halogens is 1. The summed E-state index contributed by atoms with van der Waals surface area (Å²) in [6.07, 6.45) is 4.76. The van der Waals surface area contributed by atoms with Crippen molar-refractivity contribution in [3.8, 4) is 0 Å². The lowest BCUT2D eigenvalue weighted by atomic mass is 10.0. The molecule has 1 aliphatic heterocycles.